The summed E-state index contributed by atoms with van der Waals surface area (Å²) in [6.45, 7) is 0. The largest absolute Gasteiger partial charge is 0.480 e. The minimum Gasteiger partial charge on any atom is -0.480 e. The fraction of sp³-hybridized carbons (Fsp3) is 0.857. The minimum absolute atomic E-state index is 0.0639. The second-order valence-electron chi connectivity index (χ2n) is 3.68. The van der Waals surface area contributed by atoms with Crippen LogP contribution < -0.4 is 5.32 Å². The van der Waals surface area contributed by atoms with Gasteiger partial charge in [0.2, 0.25) is 0 Å². The lowest BCUT2D eigenvalue weighted by molar-refractivity contribution is -0.138. The summed E-state index contributed by atoms with van der Waals surface area (Å²) in [6.07, 6.45) is 0.518. The first-order chi connectivity index (χ1) is 6.43. The standard InChI is InChI=1S/C7H11NO4S2/c9-6(10)5-3-13-7(8-5)1-2-14(11,12)4-7/h5,8H,1-4H2,(H,9,10)/t5-,7?/m1/s1. The predicted molar refractivity (Wildman–Crippen MR) is 53.0 cm³/mol. The van der Waals surface area contributed by atoms with E-state index in [9.17, 15) is 13.2 Å². The molecule has 80 valence electrons. The fourth-order valence-corrected chi connectivity index (χ4v) is 5.75. The number of nitrogens with one attached hydrogen (secondary N) is 1. The van der Waals surface area contributed by atoms with Crippen LogP contribution >= 0.6 is 11.8 Å². The zero-order chi connectivity index (χ0) is 10.4. The average Bonchev–Trinajstić information content (AvgIpc) is 2.58. The van der Waals surface area contributed by atoms with Gasteiger partial charge >= 0.3 is 5.97 Å². The molecule has 0 aromatic carbocycles. The maximum absolute atomic E-state index is 11.3. The maximum Gasteiger partial charge on any atom is 0.321 e. The van der Waals surface area contributed by atoms with Crippen molar-refractivity contribution in [2.24, 2.45) is 0 Å². The number of sulfone groups is 1. The van der Waals surface area contributed by atoms with E-state index in [0.29, 0.717) is 12.2 Å². The Balaban J connectivity index is 2.12. The summed E-state index contributed by atoms with van der Waals surface area (Å²) in [5, 5.41) is 11.7. The molecule has 0 aromatic heterocycles. The Labute approximate surface area is 86.2 Å². The zero-order valence-corrected chi connectivity index (χ0v) is 9.03. The van der Waals surface area contributed by atoms with Gasteiger partial charge in [-0.1, -0.05) is 0 Å². The molecule has 0 aliphatic carbocycles. The molecule has 2 saturated heterocycles. The molecule has 0 bridgehead atoms. The van der Waals surface area contributed by atoms with Gasteiger partial charge in [0.25, 0.3) is 0 Å². The second-order valence-corrected chi connectivity index (χ2v) is 7.27. The molecular formula is C7H11NO4S2. The van der Waals surface area contributed by atoms with Crippen LogP contribution in [0.5, 0.6) is 0 Å². The maximum atomic E-state index is 11.3. The van der Waals surface area contributed by atoms with Crippen LogP contribution in [-0.2, 0) is 14.6 Å². The third kappa shape index (κ3) is 1.76. The zero-order valence-electron chi connectivity index (χ0n) is 7.39. The Bertz CT molecular complexity index is 366. The van der Waals surface area contributed by atoms with E-state index in [1.54, 1.807) is 0 Å². The van der Waals surface area contributed by atoms with Gasteiger partial charge in [-0.2, -0.15) is 0 Å². The first-order valence-corrected chi connectivity index (χ1v) is 7.08. The molecule has 2 N–H and O–H groups in total. The van der Waals surface area contributed by atoms with Gasteiger partial charge in [0.05, 0.1) is 16.4 Å². The molecule has 1 unspecified atom stereocenters. The van der Waals surface area contributed by atoms with Crippen LogP contribution in [0.15, 0.2) is 0 Å². The van der Waals surface area contributed by atoms with E-state index >= 15 is 0 Å². The molecule has 0 radical (unpaired) electrons. The highest BCUT2D eigenvalue weighted by molar-refractivity contribution is 8.02. The number of carbonyl (C=O) groups is 1. The van der Waals surface area contributed by atoms with Gasteiger partial charge in [0.1, 0.15) is 6.04 Å². The van der Waals surface area contributed by atoms with Crippen LogP contribution in [0.3, 0.4) is 0 Å². The molecule has 2 rings (SSSR count). The van der Waals surface area contributed by atoms with Gasteiger partial charge in [0.15, 0.2) is 9.84 Å². The normalized spacial score (nSPS) is 40.4. The first kappa shape index (κ1) is 10.3. The van der Waals surface area contributed by atoms with Crippen molar-refractivity contribution in [1.82, 2.24) is 5.32 Å². The number of hydrogen-bond acceptors (Lipinski definition) is 5. The number of carboxylic acid groups (broad SMARTS) is 1. The minimum atomic E-state index is -2.96. The second kappa shape index (κ2) is 3.11. The van der Waals surface area contributed by atoms with Gasteiger partial charge in [-0.25, -0.2) is 8.42 Å². The van der Waals surface area contributed by atoms with Gasteiger partial charge < -0.3 is 5.11 Å². The number of hydrogen-bond donors (Lipinski definition) is 2. The van der Waals surface area contributed by atoms with Crippen LogP contribution in [0.1, 0.15) is 6.42 Å². The summed E-state index contributed by atoms with van der Waals surface area (Å²) in [4.78, 5) is 10.2. The molecule has 0 aromatic rings. The highest BCUT2D eigenvalue weighted by atomic mass is 32.2. The predicted octanol–water partition coefficient (Wildman–Crippen LogP) is -0.709. The summed E-state index contributed by atoms with van der Waals surface area (Å²) in [5.74, 6) is -0.225. The Morgan fingerprint density at radius 3 is 2.71 bits per heavy atom. The molecule has 2 heterocycles. The molecule has 2 fully saturated rings. The van der Waals surface area contributed by atoms with E-state index < -0.39 is 26.7 Å². The Morgan fingerprint density at radius 1 is 1.57 bits per heavy atom. The summed E-state index contributed by atoms with van der Waals surface area (Å²) in [7, 11) is -2.96. The number of rotatable bonds is 1. The van der Waals surface area contributed by atoms with E-state index in [1.807, 2.05) is 0 Å². The molecule has 5 nitrogen and oxygen atoms in total. The Kier molecular flexibility index (Phi) is 2.28. The highest BCUT2D eigenvalue weighted by Gasteiger charge is 2.49. The highest BCUT2D eigenvalue weighted by Crippen LogP contribution is 2.39. The van der Waals surface area contributed by atoms with Crippen LogP contribution in [0.25, 0.3) is 0 Å². The quantitative estimate of drug-likeness (QED) is 0.627. The average molecular weight is 237 g/mol. The van der Waals surface area contributed by atoms with Crippen LogP contribution in [-0.4, -0.2) is 47.7 Å². The molecule has 7 heteroatoms. The Morgan fingerprint density at radius 2 is 2.29 bits per heavy atom. The lowest BCUT2D eigenvalue weighted by Crippen LogP contribution is -2.45. The first-order valence-electron chi connectivity index (χ1n) is 4.27. The van der Waals surface area contributed by atoms with Gasteiger partial charge in [-0.15, -0.1) is 11.8 Å². The van der Waals surface area contributed by atoms with Crippen LogP contribution in [0.4, 0.5) is 0 Å². The van der Waals surface area contributed by atoms with Gasteiger partial charge in [0, 0.05) is 5.75 Å². The van der Waals surface area contributed by atoms with Crippen molar-refractivity contribution in [3.63, 3.8) is 0 Å². The molecule has 2 atom stereocenters. The number of carboxylic acids is 1. The van der Waals surface area contributed by atoms with Crippen molar-refractivity contribution >= 4 is 27.6 Å². The monoisotopic (exact) mass is 237 g/mol. The molecule has 0 saturated carbocycles. The van der Waals surface area contributed by atoms with Crippen molar-refractivity contribution < 1.29 is 18.3 Å². The van der Waals surface area contributed by atoms with Crippen molar-refractivity contribution in [2.45, 2.75) is 17.3 Å². The van der Waals surface area contributed by atoms with E-state index in [0.717, 1.165) is 0 Å². The molecule has 2 aliphatic heterocycles. The van der Waals surface area contributed by atoms with Crippen molar-refractivity contribution in [2.75, 3.05) is 17.3 Å². The molecule has 14 heavy (non-hydrogen) atoms. The van der Waals surface area contributed by atoms with Crippen molar-refractivity contribution in [1.29, 1.82) is 0 Å². The smallest absolute Gasteiger partial charge is 0.321 e. The number of aliphatic carboxylic acids is 1. The summed E-state index contributed by atoms with van der Waals surface area (Å²) >= 11 is 1.42. The van der Waals surface area contributed by atoms with E-state index in [-0.39, 0.29) is 11.5 Å². The van der Waals surface area contributed by atoms with Crippen molar-refractivity contribution in [3.8, 4) is 0 Å². The van der Waals surface area contributed by atoms with E-state index in [4.69, 9.17) is 5.11 Å². The third-order valence-electron chi connectivity index (χ3n) is 2.53. The summed E-state index contributed by atoms with van der Waals surface area (Å²) in [6, 6.07) is -0.603. The summed E-state index contributed by atoms with van der Waals surface area (Å²) in [5.41, 5.74) is 0. The van der Waals surface area contributed by atoms with Gasteiger partial charge in [-0.05, 0) is 6.42 Å². The molecular weight excluding hydrogens is 226 g/mol. The lowest BCUT2D eigenvalue weighted by atomic mass is 10.2. The Hall–Kier alpha value is -0.270. The van der Waals surface area contributed by atoms with E-state index in [2.05, 4.69) is 5.32 Å². The molecule has 2 aliphatic rings. The van der Waals surface area contributed by atoms with Crippen molar-refractivity contribution in [3.05, 3.63) is 0 Å². The van der Waals surface area contributed by atoms with Crippen LogP contribution in [0.2, 0.25) is 0 Å². The summed E-state index contributed by atoms with van der Waals surface area (Å²) < 4.78 is 22.5. The third-order valence-corrected chi connectivity index (χ3v) is 5.99. The number of thioether (sulfide) groups is 1. The molecule has 0 amide bonds. The molecule has 1 spiro atoms. The van der Waals surface area contributed by atoms with Crippen LogP contribution in [0, 0.1) is 0 Å². The van der Waals surface area contributed by atoms with E-state index in [1.165, 1.54) is 11.8 Å². The topological polar surface area (TPSA) is 83.5 Å². The lowest BCUT2D eigenvalue weighted by Gasteiger charge is -2.20. The SMILES string of the molecule is O=C(O)[C@H]1CSC2(CCS(=O)(=O)C2)N1. The van der Waals surface area contributed by atoms with Gasteiger partial charge in [-0.3, -0.25) is 10.1 Å². The fourth-order valence-electron chi connectivity index (χ4n) is 1.82.